The van der Waals surface area contributed by atoms with Gasteiger partial charge in [-0.25, -0.2) is 4.79 Å². The van der Waals surface area contributed by atoms with E-state index in [1.165, 1.54) is 11.1 Å². The lowest BCUT2D eigenvalue weighted by atomic mass is 9.76. The standard InChI is InChI=1S/C31H30N2O4/c1-35-27-18-23-13-16-33-17-14-31(20-26(33)25(23)19-28(27)36-2,37-30(34)22-9-4-3-5-10-22)29-24-11-7-6-8-21(24)12-15-32-29/h3-12,15,18-19,26H,13-14,16-17,20H2,1-2H3. The second-order valence-corrected chi connectivity index (χ2v) is 9.79. The molecule has 3 heterocycles. The van der Waals surface area contributed by atoms with E-state index in [2.05, 4.69) is 29.2 Å². The first kappa shape index (κ1) is 23.5. The van der Waals surface area contributed by atoms with Crippen LogP contribution in [0.1, 0.15) is 46.1 Å². The number of carbonyl (C=O) groups excluding carboxylic acids is 1. The summed E-state index contributed by atoms with van der Waals surface area (Å²) in [6, 6.07) is 23.7. The van der Waals surface area contributed by atoms with Gasteiger partial charge >= 0.3 is 5.97 Å². The number of rotatable bonds is 5. The molecule has 37 heavy (non-hydrogen) atoms. The molecule has 0 amide bonds. The van der Waals surface area contributed by atoms with Crippen LogP contribution < -0.4 is 9.47 Å². The zero-order chi connectivity index (χ0) is 25.4. The lowest BCUT2D eigenvalue weighted by molar-refractivity contribution is -0.0768. The van der Waals surface area contributed by atoms with Gasteiger partial charge in [0.2, 0.25) is 0 Å². The summed E-state index contributed by atoms with van der Waals surface area (Å²) in [4.78, 5) is 20.9. The zero-order valence-electron chi connectivity index (χ0n) is 21.1. The average Bonchev–Trinajstić information content (AvgIpc) is 2.96. The molecule has 2 aliphatic heterocycles. The number of piperidine rings is 1. The minimum absolute atomic E-state index is 0.0571. The highest BCUT2D eigenvalue weighted by Gasteiger charge is 2.48. The molecule has 2 unspecified atom stereocenters. The van der Waals surface area contributed by atoms with E-state index in [9.17, 15) is 4.79 Å². The number of benzene rings is 3. The summed E-state index contributed by atoms with van der Waals surface area (Å²) in [7, 11) is 3.33. The molecule has 6 nitrogen and oxygen atoms in total. The van der Waals surface area contributed by atoms with Crippen molar-refractivity contribution >= 4 is 16.7 Å². The van der Waals surface area contributed by atoms with E-state index >= 15 is 0 Å². The van der Waals surface area contributed by atoms with Crippen molar-refractivity contribution in [2.75, 3.05) is 27.3 Å². The number of carbonyl (C=O) groups is 1. The fraction of sp³-hybridized carbons (Fsp3) is 0.290. The van der Waals surface area contributed by atoms with Gasteiger partial charge in [-0.3, -0.25) is 9.88 Å². The van der Waals surface area contributed by atoms with Gasteiger partial charge in [0.1, 0.15) is 0 Å². The van der Waals surface area contributed by atoms with E-state index < -0.39 is 5.60 Å². The van der Waals surface area contributed by atoms with Crippen molar-refractivity contribution in [3.05, 3.63) is 101 Å². The SMILES string of the molecule is COc1cc2c(cc1OC)C1CC(OC(=O)c3ccccc3)(c3nccc4ccccc34)CCN1CC2. The van der Waals surface area contributed by atoms with Crippen LogP contribution in [0.15, 0.2) is 79.0 Å². The lowest BCUT2D eigenvalue weighted by Crippen LogP contribution is -2.49. The van der Waals surface area contributed by atoms with E-state index in [0.29, 0.717) is 24.2 Å². The van der Waals surface area contributed by atoms with Crippen LogP contribution in [-0.4, -0.2) is 43.2 Å². The molecule has 4 aromatic rings. The Morgan fingerprint density at radius 3 is 2.51 bits per heavy atom. The molecule has 6 rings (SSSR count). The molecule has 0 spiro atoms. The molecule has 6 heteroatoms. The number of fused-ring (bicyclic) bond motifs is 4. The number of nitrogens with zero attached hydrogens (tertiary/aromatic N) is 2. The van der Waals surface area contributed by atoms with Crippen LogP contribution in [0.3, 0.4) is 0 Å². The maximum absolute atomic E-state index is 13.5. The number of hydrogen-bond donors (Lipinski definition) is 0. The summed E-state index contributed by atoms with van der Waals surface area (Å²) in [6.07, 6.45) is 4.04. The molecule has 1 aromatic heterocycles. The molecule has 1 saturated heterocycles. The Morgan fingerprint density at radius 1 is 0.946 bits per heavy atom. The maximum atomic E-state index is 13.5. The van der Waals surface area contributed by atoms with E-state index in [1.807, 2.05) is 42.6 Å². The summed E-state index contributed by atoms with van der Waals surface area (Å²) in [5.41, 5.74) is 2.93. The highest BCUT2D eigenvalue weighted by Crippen LogP contribution is 2.50. The third-order valence-electron chi connectivity index (χ3n) is 7.84. The molecular weight excluding hydrogens is 464 g/mol. The number of methoxy groups -OCH3 is 2. The fourth-order valence-electron chi connectivity index (χ4n) is 5.97. The predicted octanol–water partition coefficient (Wildman–Crippen LogP) is 5.70. The molecule has 2 aliphatic rings. The topological polar surface area (TPSA) is 60.9 Å². The molecular formula is C31H30N2O4. The first-order valence-electron chi connectivity index (χ1n) is 12.7. The van der Waals surface area contributed by atoms with Crippen molar-refractivity contribution in [3.63, 3.8) is 0 Å². The number of aromatic nitrogens is 1. The fourth-order valence-corrected chi connectivity index (χ4v) is 5.97. The van der Waals surface area contributed by atoms with Gasteiger partial charge in [0.25, 0.3) is 0 Å². The third kappa shape index (κ3) is 4.11. The smallest absolute Gasteiger partial charge is 0.339 e. The van der Waals surface area contributed by atoms with E-state index in [0.717, 1.165) is 41.7 Å². The Balaban J connectivity index is 1.48. The minimum Gasteiger partial charge on any atom is -0.493 e. The monoisotopic (exact) mass is 494 g/mol. The summed E-state index contributed by atoms with van der Waals surface area (Å²) in [5, 5.41) is 2.10. The maximum Gasteiger partial charge on any atom is 0.339 e. The Hall–Kier alpha value is -3.90. The summed E-state index contributed by atoms with van der Waals surface area (Å²) >= 11 is 0. The third-order valence-corrected chi connectivity index (χ3v) is 7.84. The Labute approximate surface area is 216 Å². The normalized spacial score (nSPS) is 21.1. The van der Waals surface area contributed by atoms with E-state index in [4.69, 9.17) is 19.2 Å². The van der Waals surface area contributed by atoms with Crippen molar-refractivity contribution in [2.24, 2.45) is 0 Å². The zero-order valence-corrected chi connectivity index (χ0v) is 21.1. The highest BCUT2D eigenvalue weighted by atomic mass is 16.6. The van der Waals surface area contributed by atoms with Crippen molar-refractivity contribution in [2.45, 2.75) is 30.9 Å². The molecule has 2 atom stereocenters. The molecule has 0 saturated carbocycles. The van der Waals surface area contributed by atoms with Crippen molar-refractivity contribution < 1.29 is 19.0 Å². The van der Waals surface area contributed by atoms with Crippen molar-refractivity contribution in [1.29, 1.82) is 0 Å². The van der Waals surface area contributed by atoms with Gasteiger partial charge in [0, 0.05) is 43.6 Å². The molecule has 1 fully saturated rings. The second kappa shape index (κ2) is 9.52. The number of hydrogen-bond acceptors (Lipinski definition) is 6. The van der Waals surface area contributed by atoms with E-state index in [1.54, 1.807) is 26.4 Å². The Kier molecular flexibility index (Phi) is 6.05. The van der Waals surface area contributed by atoms with Crippen LogP contribution in [0.25, 0.3) is 10.8 Å². The minimum atomic E-state index is -0.878. The molecule has 188 valence electrons. The van der Waals surface area contributed by atoms with Crippen LogP contribution in [0, 0.1) is 0 Å². The van der Waals surface area contributed by atoms with Crippen LogP contribution in [-0.2, 0) is 16.8 Å². The quantitative estimate of drug-likeness (QED) is 0.332. The van der Waals surface area contributed by atoms with Gasteiger partial charge in [0.05, 0.1) is 25.5 Å². The summed E-state index contributed by atoms with van der Waals surface area (Å²) < 4.78 is 17.8. The summed E-state index contributed by atoms with van der Waals surface area (Å²) in [6.45, 7) is 1.74. The largest absolute Gasteiger partial charge is 0.493 e. The second-order valence-electron chi connectivity index (χ2n) is 9.79. The van der Waals surface area contributed by atoms with Gasteiger partial charge in [-0.2, -0.15) is 0 Å². The Morgan fingerprint density at radius 2 is 1.70 bits per heavy atom. The van der Waals surface area contributed by atoms with E-state index in [-0.39, 0.29) is 12.0 Å². The van der Waals surface area contributed by atoms with Crippen LogP contribution in [0.2, 0.25) is 0 Å². The number of ether oxygens (including phenoxy) is 3. The molecule has 0 N–H and O–H groups in total. The molecule has 0 radical (unpaired) electrons. The highest BCUT2D eigenvalue weighted by molar-refractivity contribution is 5.90. The van der Waals surface area contributed by atoms with Gasteiger partial charge in [-0.1, -0.05) is 42.5 Å². The van der Waals surface area contributed by atoms with Crippen LogP contribution >= 0.6 is 0 Å². The lowest BCUT2D eigenvalue weighted by Gasteiger charge is -2.48. The van der Waals surface area contributed by atoms with Crippen molar-refractivity contribution in [1.82, 2.24) is 9.88 Å². The predicted molar refractivity (Wildman–Crippen MR) is 142 cm³/mol. The molecule has 0 aliphatic carbocycles. The van der Waals surface area contributed by atoms with Crippen molar-refractivity contribution in [3.8, 4) is 11.5 Å². The summed E-state index contributed by atoms with van der Waals surface area (Å²) in [5.74, 6) is 1.12. The van der Waals surface area contributed by atoms with Crippen LogP contribution in [0.4, 0.5) is 0 Å². The first-order chi connectivity index (χ1) is 18.1. The van der Waals surface area contributed by atoms with Gasteiger partial charge in [-0.05, 0) is 53.3 Å². The van der Waals surface area contributed by atoms with Gasteiger partial charge < -0.3 is 14.2 Å². The molecule has 3 aromatic carbocycles. The molecule has 0 bridgehead atoms. The number of esters is 1. The number of pyridine rings is 1. The average molecular weight is 495 g/mol. The van der Waals surface area contributed by atoms with Gasteiger partial charge in [-0.15, -0.1) is 0 Å². The van der Waals surface area contributed by atoms with Crippen LogP contribution in [0.5, 0.6) is 11.5 Å². The Bertz CT molecular complexity index is 1450. The first-order valence-corrected chi connectivity index (χ1v) is 12.7. The van der Waals surface area contributed by atoms with Gasteiger partial charge in [0.15, 0.2) is 17.1 Å².